The van der Waals surface area contributed by atoms with Crippen LogP contribution in [0.2, 0.25) is 0 Å². The van der Waals surface area contributed by atoms with Crippen molar-refractivity contribution in [2.24, 2.45) is 0 Å². The maximum Gasteiger partial charge on any atom is 0.303 e. The molecule has 1 aliphatic rings. The number of carbonyl (C=O) groups excluding carboxylic acids is 3. The van der Waals surface area contributed by atoms with Crippen molar-refractivity contribution in [2.45, 2.75) is 44.5 Å². The molecule has 0 spiro atoms. The third-order valence-corrected chi connectivity index (χ3v) is 5.70. The molecular formula is C22H22FNO7S. The summed E-state index contributed by atoms with van der Waals surface area (Å²) >= 11 is 1.24. The van der Waals surface area contributed by atoms with Gasteiger partial charge in [0.05, 0.1) is 6.20 Å². The first-order valence-electron chi connectivity index (χ1n) is 9.74. The van der Waals surface area contributed by atoms with Gasteiger partial charge in [-0.25, -0.2) is 4.39 Å². The van der Waals surface area contributed by atoms with Gasteiger partial charge in [0, 0.05) is 38.3 Å². The number of nitrogens with zero attached hydrogens (tertiary/aromatic N) is 1. The summed E-state index contributed by atoms with van der Waals surface area (Å²) < 4.78 is 35.6. The summed E-state index contributed by atoms with van der Waals surface area (Å²) in [4.78, 5) is 39.1. The van der Waals surface area contributed by atoms with Gasteiger partial charge in [0.1, 0.15) is 11.6 Å². The Kier molecular flexibility index (Phi) is 7.68. The van der Waals surface area contributed by atoms with Gasteiger partial charge in [-0.05, 0) is 23.8 Å². The van der Waals surface area contributed by atoms with Crippen molar-refractivity contribution in [3.63, 3.8) is 0 Å². The van der Waals surface area contributed by atoms with E-state index in [2.05, 4.69) is 4.98 Å². The summed E-state index contributed by atoms with van der Waals surface area (Å²) in [6, 6.07) is 7.58. The summed E-state index contributed by atoms with van der Waals surface area (Å²) in [6.45, 7) is 3.67. The van der Waals surface area contributed by atoms with Crippen molar-refractivity contribution in [1.82, 2.24) is 4.98 Å². The van der Waals surface area contributed by atoms with E-state index < -0.39 is 41.7 Å². The van der Waals surface area contributed by atoms with E-state index in [4.69, 9.17) is 18.9 Å². The van der Waals surface area contributed by atoms with E-state index in [-0.39, 0.29) is 11.6 Å². The number of aromatic nitrogens is 1. The lowest BCUT2D eigenvalue weighted by molar-refractivity contribution is -0.186. The first kappa shape index (κ1) is 23.5. The van der Waals surface area contributed by atoms with Gasteiger partial charge in [0.25, 0.3) is 0 Å². The van der Waals surface area contributed by atoms with Crippen LogP contribution in [0.1, 0.15) is 20.8 Å². The molecule has 0 unspecified atom stereocenters. The molecule has 1 saturated heterocycles. The standard InChI is InChI=1S/C22H22FNO7S/c1-12(25)28-19-11-32-22(21(30-14(3)27)20(19)29-13(2)26)31-18-10-24-9-8-17(18)15-4-6-16(23)7-5-15/h4-10,19-22H,11H2,1-3H3/t19-,20+,21-,22-/m1/s1. The molecule has 8 nitrogen and oxygen atoms in total. The summed E-state index contributed by atoms with van der Waals surface area (Å²) in [5.74, 6) is -1.56. The van der Waals surface area contributed by atoms with Crippen LogP contribution >= 0.6 is 11.8 Å². The molecule has 0 saturated carbocycles. The maximum atomic E-state index is 13.3. The highest BCUT2D eigenvalue weighted by Gasteiger charge is 2.47. The molecule has 2 heterocycles. The normalized spacial score (nSPS) is 22.5. The molecule has 1 aromatic heterocycles. The molecule has 10 heteroatoms. The second-order valence-corrected chi connectivity index (χ2v) is 8.13. The fraction of sp³-hybridized carbons (Fsp3) is 0.364. The topological polar surface area (TPSA) is 101 Å². The van der Waals surface area contributed by atoms with Gasteiger partial charge < -0.3 is 18.9 Å². The van der Waals surface area contributed by atoms with Gasteiger partial charge in [0.15, 0.2) is 23.7 Å². The maximum absolute atomic E-state index is 13.3. The number of benzene rings is 1. The molecule has 1 fully saturated rings. The monoisotopic (exact) mass is 463 g/mol. The third kappa shape index (κ3) is 5.97. The Morgan fingerprint density at radius 3 is 2.19 bits per heavy atom. The molecule has 0 N–H and O–H groups in total. The minimum absolute atomic E-state index is 0.242. The van der Waals surface area contributed by atoms with Gasteiger partial charge in [-0.2, -0.15) is 0 Å². The fourth-order valence-electron chi connectivity index (χ4n) is 3.28. The van der Waals surface area contributed by atoms with Crippen molar-refractivity contribution in [1.29, 1.82) is 0 Å². The average molecular weight is 463 g/mol. The number of carbonyl (C=O) groups is 3. The number of halogens is 1. The van der Waals surface area contributed by atoms with Crippen LogP contribution in [0.15, 0.2) is 42.7 Å². The third-order valence-electron chi connectivity index (χ3n) is 4.49. The fourth-order valence-corrected chi connectivity index (χ4v) is 4.49. The lowest BCUT2D eigenvalue weighted by atomic mass is 10.1. The first-order chi connectivity index (χ1) is 15.2. The number of hydrogen-bond donors (Lipinski definition) is 0. The average Bonchev–Trinajstić information content (AvgIpc) is 2.72. The highest BCUT2D eigenvalue weighted by Crippen LogP contribution is 2.37. The van der Waals surface area contributed by atoms with Crippen molar-refractivity contribution in [2.75, 3.05) is 5.75 Å². The number of esters is 3. The SMILES string of the molecule is CC(=O)O[C@@H]1[C@@H](OC(C)=O)[C@H](OC(C)=O)CS[C@H]1Oc1cnccc1-c1ccc(F)cc1. The zero-order valence-corrected chi connectivity index (χ0v) is 18.5. The molecule has 4 atom stereocenters. The molecular weight excluding hydrogens is 441 g/mol. The zero-order valence-electron chi connectivity index (χ0n) is 17.6. The van der Waals surface area contributed by atoms with Crippen molar-refractivity contribution in [3.8, 4) is 16.9 Å². The van der Waals surface area contributed by atoms with Crippen molar-refractivity contribution >= 4 is 29.7 Å². The second-order valence-electron chi connectivity index (χ2n) is 6.99. The van der Waals surface area contributed by atoms with Crippen LogP contribution in [0.5, 0.6) is 5.75 Å². The summed E-state index contributed by atoms with van der Waals surface area (Å²) in [5, 5.41) is 0. The van der Waals surface area contributed by atoms with E-state index in [0.29, 0.717) is 16.9 Å². The first-order valence-corrected chi connectivity index (χ1v) is 10.8. The Hall–Kier alpha value is -3.14. The summed E-state index contributed by atoms with van der Waals surface area (Å²) in [7, 11) is 0. The molecule has 0 bridgehead atoms. The predicted molar refractivity (Wildman–Crippen MR) is 113 cm³/mol. The van der Waals surface area contributed by atoms with Gasteiger partial charge in [-0.1, -0.05) is 12.1 Å². The Labute approximate surface area is 188 Å². The molecule has 3 rings (SSSR count). The highest BCUT2D eigenvalue weighted by atomic mass is 32.2. The van der Waals surface area contributed by atoms with Crippen LogP contribution in [-0.2, 0) is 28.6 Å². The van der Waals surface area contributed by atoms with Crippen molar-refractivity contribution < 1.29 is 37.7 Å². The Balaban J connectivity index is 1.92. The smallest absolute Gasteiger partial charge is 0.303 e. The molecule has 1 aliphatic heterocycles. The van der Waals surface area contributed by atoms with Gasteiger partial charge in [0.2, 0.25) is 0 Å². The van der Waals surface area contributed by atoms with Crippen LogP contribution < -0.4 is 4.74 Å². The summed E-state index contributed by atoms with van der Waals surface area (Å²) in [6.07, 6.45) is 0.124. The Bertz CT molecular complexity index is 984. The van der Waals surface area contributed by atoms with Crippen molar-refractivity contribution in [3.05, 3.63) is 48.5 Å². The van der Waals surface area contributed by atoms with Crippen LogP contribution in [0, 0.1) is 5.82 Å². The van der Waals surface area contributed by atoms with Crippen LogP contribution in [0.25, 0.3) is 11.1 Å². The molecule has 1 aromatic carbocycles. The Morgan fingerprint density at radius 1 is 0.938 bits per heavy atom. The molecule has 0 radical (unpaired) electrons. The van der Waals surface area contributed by atoms with Gasteiger partial charge in [-0.15, -0.1) is 11.8 Å². The van der Waals surface area contributed by atoms with E-state index in [0.717, 1.165) is 0 Å². The van der Waals surface area contributed by atoms with E-state index in [1.54, 1.807) is 24.4 Å². The largest absolute Gasteiger partial charge is 0.473 e. The lowest BCUT2D eigenvalue weighted by Crippen LogP contribution is -2.55. The predicted octanol–water partition coefficient (Wildman–Crippen LogP) is 3.13. The zero-order chi connectivity index (χ0) is 23.3. The van der Waals surface area contributed by atoms with Gasteiger partial charge in [-0.3, -0.25) is 19.4 Å². The quantitative estimate of drug-likeness (QED) is 0.472. The van der Waals surface area contributed by atoms with E-state index in [9.17, 15) is 18.8 Å². The minimum Gasteiger partial charge on any atom is -0.473 e. The molecule has 32 heavy (non-hydrogen) atoms. The Morgan fingerprint density at radius 2 is 1.56 bits per heavy atom. The number of hydrogen-bond acceptors (Lipinski definition) is 9. The molecule has 170 valence electrons. The molecule has 2 aromatic rings. The van der Waals surface area contributed by atoms with E-state index >= 15 is 0 Å². The van der Waals surface area contributed by atoms with Gasteiger partial charge >= 0.3 is 17.9 Å². The number of pyridine rings is 1. The molecule has 0 amide bonds. The lowest BCUT2D eigenvalue weighted by Gasteiger charge is -2.40. The van der Waals surface area contributed by atoms with E-state index in [1.165, 1.54) is 50.9 Å². The minimum atomic E-state index is -1.06. The van der Waals surface area contributed by atoms with Crippen LogP contribution in [-0.4, -0.2) is 52.4 Å². The van der Waals surface area contributed by atoms with Crippen LogP contribution in [0.3, 0.4) is 0 Å². The number of rotatable bonds is 6. The number of ether oxygens (including phenoxy) is 4. The number of thioether (sulfide) groups is 1. The van der Waals surface area contributed by atoms with Crippen LogP contribution in [0.4, 0.5) is 4.39 Å². The highest BCUT2D eigenvalue weighted by molar-refractivity contribution is 7.99. The molecule has 0 aliphatic carbocycles. The second kappa shape index (κ2) is 10.4. The summed E-state index contributed by atoms with van der Waals surface area (Å²) in [5.41, 5.74) is 0.551. The van der Waals surface area contributed by atoms with E-state index in [1.807, 2.05) is 0 Å².